The third-order valence-corrected chi connectivity index (χ3v) is 10.9. The minimum absolute atomic E-state index is 0.295. The van der Waals surface area contributed by atoms with Gasteiger partial charge in [-0.15, -0.1) is 0 Å². The van der Waals surface area contributed by atoms with Gasteiger partial charge < -0.3 is 4.90 Å². The number of hydrogen-bond donors (Lipinski definition) is 0. The topological polar surface area (TPSA) is 54.8 Å². The molecule has 1 aliphatic heterocycles. The normalized spacial score (nSPS) is 16.0. The van der Waals surface area contributed by atoms with Gasteiger partial charge >= 0.3 is 0 Å². The van der Waals surface area contributed by atoms with E-state index in [0.29, 0.717) is 23.5 Å². The molecule has 1 unspecified atom stereocenters. The molecular formula is C50H37N5. The van der Waals surface area contributed by atoms with Crippen LogP contribution in [-0.4, -0.2) is 26.0 Å². The van der Waals surface area contributed by atoms with Gasteiger partial charge in [0.2, 0.25) is 0 Å². The van der Waals surface area contributed by atoms with Crippen LogP contribution in [0.2, 0.25) is 0 Å². The number of benzene rings is 5. The number of anilines is 2. The van der Waals surface area contributed by atoms with Gasteiger partial charge in [0.05, 0.1) is 6.04 Å². The Labute approximate surface area is 321 Å². The Hall–Kier alpha value is -6.98. The Kier molecular flexibility index (Phi) is 8.37. The fraction of sp³-hybridized carbons (Fsp3) is 0.0800. The van der Waals surface area contributed by atoms with Crippen molar-refractivity contribution in [3.63, 3.8) is 0 Å². The van der Waals surface area contributed by atoms with Crippen LogP contribution in [0.5, 0.6) is 0 Å². The summed E-state index contributed by atoms with van der Waals surface area (Å²) in [6.07, 6.45) is 16.0. The summed E-state index contributed by atoms with van der Waals surface area (Å²) >= 11 is 0. The summed E-state index contributed by atoms with van der Waals surface area (Å²) in [5.74, 6) is 1.95. The zero-order chi connectivity index (χ0) is 36.6. The molecule has 10 rings (SSSR count). The van der Waals surface area contributed by atoms with E-state index in [4.69, 9.17) is 15.0 Å². The van der Waals surface area contributed by atoms with Crippen LogP contribution in [0.3, 0.4) is 0 Å². The van der Waals surface area contributed by atoms with Gasteiger partial charge in [-0.25, -0.2) is 15.0 Å². The fourth-order valence-corrected chi connectivity index (χ4v) is 8.10. The maximum Gasteiger partial charge on any atom is 0.164 e. The van der Waals surface area contributed by atoms with Gasteiger partial charge in [-0.2, -0.15) is 0 Å². The van der Waals surface area contributed by atoms with Crippen molar-refractivity contribution in [2.45, 2.75) is 25.3 Å². The Balaban J connectivity index is 0.916. The lowest BCUT2D eigenvalue weighted by Gasteiger charge is -2.31. The van der Waals surface area contributed by atoms with E-state index in [1.165, 1.54) is 44.8 Å². The van der Waals surface area contributed by atoms with Crippen molar-refractivity contribution in [2.24, 2.45) is 0 Å². The standard InChI is InChI=1S/C50H37N5/c1-3-10-38(11-4-1)48-52-49(54-50(53-48)40-27-23-37(24-28-40)42-12-9-31-51-33-42)39-25-21-35(22-26-39)34-17-19-36(20-18-34)41-29-30-45-44-15-7-8-16-46(44)55(47(45)32-41)43-13-5-2-6-14-43/h1-17,19,21-31,33,47H,18,20,32H2. The molecule has 0 fully saturated rings. The van der Waals surface area contributed by atoms with Crippen molar-refractivity contribution in [2.75, 3.05) is 4.90 Å². The van der Waals surface area contributed by atoms with Gasteiger partial charge in [0.1, 0.15) is 0 Å². The molecule has 3 aliphatic rings. The van der Waals surface area contributed by atoms with Crippen LogP contribution in [0.25, 0.3) is 56.4 Å². The average Bonchev–Trinajstić information content (AvgIpc) is 3.61. The summed E-state index contributed by atoms with van der Waals surface area (Å²) in [7, 11) is 0. The summed E-state index contributed by atoms with van der Waals surface area (Å²) in [6, 6.07) is 51.1. The van der Waals surface area contributed by atoms with Gasteiger partial charge in [-0.1, -0.05) is 146 Å². The van der Waals surface area contributed by atoms with E-state index in [2.05, 4.69) is 143 Å². The molecule has 0 bridgehead atoms. The zero-order valence-corrected chi connectivity index (χ0v) is 30.3. The van der Waals surface area contributed by atoms with Gasteiger partial charge in [0, 0.05) is 46.0 Å². The number of para-hydroxylation sites is 2. The van der Waals surface area contributed by atoms with Gasteiger partial charge in [-0.05, 0) is 82.5 Å². The van der Waals surface area contributed by atoms with E-state index in [1.54, 1.807) is 6.20 Å². The highest BCUT2D eigenvalue weighted by molar-refractivity contribution is 5.93. The van der Waals surface area contributed by atoms with Crippen molar-refractivity contribution in [3.8, 4) is 45.3 Å². The van der Waals surface area contributed by atoms with Crippen LogP contribution < -0.4 is 4.90 Å². The number of hydrogen-bond acceptors (Lipinski definition) is 5. The molecule has 0 amide bonds. The first-order valence-electron chi connectivity index (χ1n) is 18.9. The van der Waals surface area contributed by atoms with E-state index < -0.39 is 0 Å². The zero-order valence-electron chi connectivity index (χ0n) is 30.3. The second-order valence-electron chi connectivity index (χ2n) is 14.2. The Bertz CT molecular complexity index is 2640. The van der Waals surface area contributed by atoms with Crippen LogP contribution in [0.1, 0.15) is 30.4 Å². The molecule has 2 aliphatic carbocycles. The molecule has 0 radical (unpaired) electrons. The summed E-state index contributed by atoms with van der Waals surface area (Å²) in [5.41, 5.74) is 15.7. The molecule has 0 N–H and O–H groups in total. The van der Waals surface area contributed by atoms with E-state index in [1.807, 2.05) is 42.6 Å². The van der Waals surface area contributed by atoms with Crippen molar-refractivity contribution in [1.82, 2.24) is 19.9 Å². The monoisotopic (exact) mass is 707 g/mol. The van der Waals surface area contributed by atoms with Gasteiger partial charge in [-0.3, -0.25) is 4.98 Å². The average molecular weight is 708 g/mol. The second-order valence-corrected chi connectivity index (χ2v) is 14.2. The first-order valence-corrected chi connectivity index (χ1v) is 18.9. The maximum atomic E-state index is 4.99. The van der Waals surface area contributed by atoms with Gasteiger partial charge in [0.25, 0.3) is 0 Å². The molecule has 0 saturated heterocycles. The van der Waals surface area contributed by atoms with E-state index >= 15 is 0 Å². The molecule has 1 atom stereocenters. The molecule has 0 spiro atoms. The Morgan fingerprint density at radius 3 is 1.64 bits per heavy atom. The van der Waals surface area contributed by atoms with Crippen LogP contribution in [0.4, 0.5) is 11.4 Å². The lowest BCUT2D eigenvalue weighted by atomic mass is 9.83. The first kappa shape index (κ1) is 32.7. The lowest BCUT2D eigenvalue weighted by molar-refractivity contribution is 0.789. The minimum Gasteiger partial charge on any atom is -0.333 e. The number of fused-ring (bicyclic) bond motifs is 3. The molecule has 7 aromatic rings. The smallest absolute Gasteiger partial charge is 0.164 e. The molecular weight excluding hydrogens is 671 g/mol. The second kappa shape index (κ2) is 14.1. The van der Waals surface area contributed by atoms with Crippen molar-refractivity contribution in [3.05, 3.63) is 205 Å². The molecule has 5 heteroatoms. The van der Waals surface area contributed by atoms with Crippen LogP contribution in [0, 0.1) is 0 Å². The molecule has 262 valence electrons. The number of allylic oxidation sites excluding steroid dienone is 6. The Morgan fingerprint density at radius 2 is 0.982 bits per heavy atom. The number of pyridine rings is 1. The van der Waals surface area contributed by atoms with E-state index in [-0.39, 0.29) is 0 Å². The maximum absolute atomic E-state index is 4.99. The summed E-state index contributed by atoms with van der Waals surface area (Å²) < 4.78 is 0. The fourth-order valence-electron chi connectivity index (χ4n) is 8.10. The van der Waals surface area contributed by atoms with Crippen LogP contribution in [0.15, 0.2) is 193 Å². The Morgan fingerprint density at radius 1 is 0.436 bits per heavy atom. The lowest BCUT2D eigenvalue weighted by Crippen LogP contribution is -2.28. The predicted octanol–water partition coefficient (Wildman–Crippen LogP) is 12.0. The van der Waals surface area contributed by atoms with Crippen LogP contribution in [-0.2, 0) is 0 Å². The minimum atomic E-state index is 0.295. The summed E-state index contributed by atoms with van der Waals surface area (Å²) in [4.78, 5) is 21.7. The first-order chi connectivity index (χ1) is 27.2. The molecule has 5 aromatic carbocycles. The number of nitrogens with zero attached hydrogens (tertiary/aromatic N) is 5. The molecule has 0 saturated carbocycles. The van der Waals surface area contributed by atoms with Gasteiger partial charge in [0.15, 0.2) is 17.5 Å². The largest absolute Gasteiger partial charge is 0.333 e. The molecule has 2 aromatic heterocycles. The van der Waals surface area contributed by atoms with E-state index in [0.717, 1.165) is 47.1 Å². The number of rotatable bonds is 7. The highest BCUT2D eigenvalue weighted by Crippen LogP contribution is 2.49. The number of aromatic nitrogens is 4. The molecule has 3 heterocycles. The predicted molar refractivity (Wildman–Crippen MR) is 224 cm³/mol. The molecule has 55 heavy (non-hydrogen) atoms. The third kappa shape index (κ3) is 6.30. The van der Waals surface area contributed by atoms with Crippen molar-refractivity contribution in [1.29, 1.82) is 0 Å². The summed E-state index contributed by atoms with van der Waals surface area (Å²) in [5, 5.41) is 0. The highest BCUT2D eigenvalue weighted by atomic mass is 15.2. The van der Waals surface area contributed by atoms with E-state index in [9.17, 15) is 0 Å². The quantitative estimate of drug-likeness (QED) is 0.165. The molecule has 5 nitrogen and oxygen atoms in total. The summed E-state index contributed by atoms with van der Waals surface area (Å²) in [6.45, 7) is 0. The van der Waals surface area contributed by atoms with Crippen LogP contribution >= 0.6 is 0 Å². The van der Waals surface area contributed by atoms with Crippen molar-refractivity contribution >= 4 is 22.5 Å². The highest BCUT2D eigenvalue weighted by Gasteiger charge is 2.36. The SMILES string of the molecule is C1=C(C2=CC=C3c4ccccc4N(c4ccccc4)C3C2)CCC(c2ccc(-c3nc(-c4ccccc4)nc(-c4ccc(-c5cccnc5)cc4)n3)cc2)=C1. The van der Waals surface area contributed by atoms with Crippen molar-refractivity contribution < 1.29 is 0 Å². The third-order valence-electron chi connectivity index (χ3n) is 10.9.